The topological polar surface area (TPSA) is 165 Å². The number of anilines is 1. The first kappa shape index (κ1) is 31.0. The third kappa shape index (κ3) is 6.43. The van der Waals surface area contributed by atoms with E-state index in [2.05, 4.69) is 0 Å². The van der Waals surface area contributed by atoms with Gasteiger partial charge in [-0.2, -0.15) is 0 Å². The maximum atomic E-state index is 13.3. The molecule has 0 saturated heterocycles. The number of fused-ring (bicyclic) bond motifs is 2. The van der Waals surface area contributed by atoms with Gasteiger partial charge in [0.15, 0.2) is 5.78 Å². The number of primary amides is 1. The van der Waals surface area contributed by atoms with Gasteiger partial charge in [0.05, 0.1) is 17.2 Å². The van der Waals surface area contributed by atoms with E-state index in [0.29, 0.717) is 30.5 Å². The zero-order valence-electron chi connectivity index (χ0n) is 24.5. The van der Waals surface area contributed by atoms with Gasteiger partial charge in [0.25, 0.3) is 5.91 Å². The molecule has 0 aliphatic heterocycles. The lowest BCUT2D eigenvalue weighted by Gasteiger charge is -2.37. The lowest BCUT2D eigenvalue weighted by Crippen LogP contribution is -2.36. The van der Waals surface area contributed by atoms with Gasteiger partial charge >= 0.3 is 0 Å². The van der Waals surface area contributed by atoms with Gasteiger partial charge in [-0.05, 0) is 48.6 Å². The van der Waals surface area contributed by atoms with Crippen molar-refractivity contribution in [1.29, 1.82) is 0 Å². The van der Waals surface area contributed by atoms with Crippen LogP contribution in [0.15, 0.2) is 23.0 Å². The number of hydrogen-bond acceptors (Lipinski definition) is 8. The summed E-state index contributed by atoms with van der Waals surface area (Å²) in [6.07, 6.45) is -0.419. The molecule has 0 radical (unpaired) electrons. The Balaban J connectivity index is 2.04. The number of hydrogen-bond donors (Lipinski definition) is 5. The van der Waals surface area contributed by atoms with Gasteiger partial charge < -0.3 is 36.0 Å². The van der Waals surface area contributed by atoms with E-state index in [1.165, 1.54) is 13.8 Å². The van der Waals surface area contributed by atoms with Crippen LogP contribution in [0.1, 0.15) is 70.6 Å². The second-order valence-corrected chi connectivity index (χ2v) is 12.6. The highest BCUT2D eigenvalue weighted by atomic mass is 16.3. The number of carbonyl (C=O) groups is 3. The number of nitrogens with two attached hydrogens (primary N) is 1. The summed E-state index contributed by atoms with van der Waals surface area (Å²) in [4.78, 5) is 41.0. The predicted molar refractivity (Wildman–Crippen MR) is 153 cm³/mol. The van der Waals surface area contributed by atoms with Crippen molar-refractivity contribution in [1.82, 2.24) is 4.90 Å². The second-order valence-electron chi connectivity index (χ2n) is 12.6. The first-order valence-corrected chi connectivity index (χ1v) is 13.6. The molecule has 3 rings (SSSR count). The number of nitrogens with zero attached hydrogens (tertiary/aromatic N) is 2. The minimum atomic E-state index is -1.25. The van der Waals surface area contributed by atoms with Crippen molar-refractivity contribution in [3.05, 3.63) is 39.7 Å². The summed E-state index contributed by atoms with van der Waals surface area (Å²) in [5, 5.41) is 43.2. The van der Waals surface area contributed by atoms with Crippen molar-refractivity contribution in [2.75, 3.05) is 25.5 Å². The molecule has 0 bridgehead atoms. The number of Topliss-reactive ketones (excluding diaryl/α,β-unsaturated/α-hetero) is 1. The number of benzene rings is 1. The summed E-state index contributed by atoms with van der Waals surface area (Å²) in [7, 11) is 3.70. The van der Waals surface area contributed by atoms with Crippen LogP contribution < -0.4 is 10.6 Å². The number of amides is 2. The average molecular weight is 558 g/mol. The molecule has 2 aliphatic rings. The van der Waals surface area contributed by atoms with Gasteiger partial charge in [0.1, 0.15) is 17.3 Å². The molecule has 0 heterocycles. The van der Waals surface area contributed by atoms with Gasteiger partial charge in [-0.15, -0.1) is 0 Å². The largest absolute Gasteiger partial charge is 0.512 e. The Morgan fingerprint density at radius 2 is 1.80 bits per heavy atom. The Morgan fingerprint density at radius 3 is 2.30 bits per heavy atom. The van der Waals surface area contributed by atoms with E-state index >= 15 is 0 Å². The van der Waals surface area contributed by atoms with Crippen LogP contribution in [0, 0.1) is 17.3 Å². The van der Waals surface area contributed by atoms with Gasteiger partial charge in [-0.25, -0.2) is 0 Å². The van der Waals surface area contributed by atoms with Crippen LogP contribution >= 0.6 is 0 Å². The van der Waals surface area contributed by atoms with E-state index in [9.17, 15) is 34.8 Å². The Bertz CT molecular complexity index is 1270. The van der Waals surface area contributed by atoms with Gasteiger partial charge in [-0.1, -0.05) is 20.8 Å². The smallest absolute Gasteiger partial charge is 0.250 e. The highest BCUT2D eigenvalue weighted by Crippen LogP contribution is 2.49. The lowest BCUT2D eigenvalue weighted by atomic mass is 9.68. The molecule has 220 valence electrons. The number of phenolic OH excluding ortho intramolecular Hbond substituents is 1. The van der Waals surface area contributed by atoms with E-state index in [-0.39, 0.29) is 82.3 Å². The zero-order chi connectivity index (χ0) is 30.3. The number of carbonyl (C=O) groups excluding carboxylic acids is 3. The molecule has 3 unspecified atom stereocenters. The number of ketones is 1. The first-order valence-electron chi connectivity index (χ1n) is 13.6. The average Bonchev–Trinajstić information content (AvgIpc) is 2.77. The Hall–Kier alpha value is -3.53. The van der Waals surface area contributed by atoms with Crippen molar-refractivity contribution in [2.45, 2.75) is 73.0 Å². The summed E-state index contributed by atoms with van der Waals surface area (Å²) < 4.78 is 0. The van der Waals surface area contributed by atoms with Gasteiger partial charge in [0.2, 0.25) is 5.91 Å². The Morgan fingerprint density at radius 1 is 1.18 bits per heavy atom. The number of phenols is 1. The number of rotatable bonds is 8. The Kier molecular flexibility index (Phi) is 8.93. The minimum Gasteiger partial charge on any atom is -0.512 e. The monoisotopic (exact) mass is 557 g/mol. The van der Waals surface area contributed by atoms with Crippen molar-refractivity contribution >= 4 is 29.0 Å². The molecule has 6 N–H and O–H groups in total. The van der Waals surface area contributed by atoms with Crippen LogP contribution in [0.25, 0.3) is 5.76 Å². The van der Waals surface area contributed by atoms with Crippen LogP contribution in [-0.4, -0.2) is 69.7 Å². The maximum absolute atomic E-state index is 13.3. The molecule has 0 spiro atoms. The molecular formula is C30H43N3O7. The molecule has 3 atom stereocenters. The molecular weight excluding hydrogens is 514 g/mol. The summed E-state index contributed by atoms with van der Waals surface area (Å²) in [6.45, 7) is 9.50. The zero-order valence-corrected chi connectivity index (χ0v) is 24.5. The second kappa shape index (κ2) is 11.5. The van der Waals surface area contributed by atoms with Crippen molar-refractivity contribution in [2.24, 2.45) is 23.0 Å². The summed E-state index contributed by atoms with van der Waals surface area (Å²) >= 11 is 0. The van der Waals surface area contributed by atoms with E-state index in [4.69, 9.17) is 5.73 Å². The highest BCUT2D eigenvalue weighted by molar-refractivity contribution is 6.04. The third-order valence-electron chi connectivity index (χ3n) is 7.64. The molecule has 40 heavy (non-hydrogen) atoms. The molecule has 2 amide bonds. The Labute approximate surface area is 235 Å². The van der Waals surface area contributed by atoms with Crippen molar-refractivity contribution < 1.29 is 34.8 Å². The quantitative estimate of drug-likeness (QED) is 0.240. The fourth-order valence-corrected chi connectivity index (χ4v) is 6.01. The fourth-order valence-electron chi connectivity index (χ4n) is 6.01. The molecule has 1 aromatic rings. The van der Waals surface area contributed by atoms with Crippen LogP contribution in [0.3, 0.4) is 0 Å². The number of aliphatic hydroxyl groups excluding tert-OH is 3. The van der Waals surface area contributed by atoms with Crippen LogP contribution in [0.5, 0.6) is 5.75 Å². The van der Waals surface area contributed by atoms with E-state index in [1.54, 1.807) is 4.90 Å². The van der Waals surface area contributed by atoms with E-state index < -0.39 is 12.0 Å². The van der Waals surface area contributed by atoms with Gasteiger partial charge in [0, 0.05) is 63.8 Å². The molecule has 10 heteroatoms. The minimum absolute atomic E-state index is 0.00824. The first-order chi connectivity index (χ1) is 18.4. The maximum Gasteiger partial charge on any atom is 0.250 e. The third-order valence-corrected chi connectivity index (χ3v) is 7.64. The normalized spacial score (nSPS) is 20.4. The van der Waals surface area contributed by atoms with Crippen LogP contribution in [0.4, 0.5) is 5.69 Å². The van der Waals surface area contributed by atoms with E-state index in [1.807, 2.05) is 45.8 Å². The SMILES string of the molecule is CC(=O)N(Cc1cc(N(C)C)c2c(c1O)C(O)=C1C(=O)CC(C/C(O)=C(/C(N)=O)C(C)O)CC1C2)CC(C)(C)C. The molecule has 1 saturated carbocycles. The summed E-state index contributed by atoms with van der Waals surface area (Å²) in [5.41, 5.74) is 7.26. The van der Waals surface area contributed by atoms with Crippen LogP contribution in [0.2, 0.25) is 0 Å². The summed E-state index contributed by atoms with van der Waals surface area (Å²) in [5.74, 6) is -2.81. The molecule has 0 aromatic heterocycles. The number of aromatic hydroxyl groups is 1. The molecule has 1 aromatic carbocycles. The fraction of sp³-hybridized carbons (Fsp3) is 0.567. The number of aliphatic hydroxyl groups is 3. The summed E-state index contributed by atoms with van der Waals surface area (Å²) in [6, 6.07) is 1.82. The number of allylic oxidation sites excluding steroid dienone is 2. The standard InChI is InChI=1S/C30H43N3O7/c1-15(34)24(29(31)40)22(36)9-17-8-18-11-20-21(32(6)7)12-19(13-33(16(2)35)14-30(3,4)5)27(38)26(20)28(39)25(18)23(37)10-17/h12,15,17-18,34,36,38-39H,8-11,13-14H2,1-7H3,(H2,31,40)/b24-22-. The molecule has 2 aliphatic carbocycles. The van der Waals surface area contributed by atoms with Gasteiger partial charge in [-0.3, -0.25) is 14.4 Å². The van der Waals surface area contributed by atoms with Crippen molar-refractivity contribution in [3.63, 3.8) is 0 Å². The lowest BCUT2D eigenvalue weighted by molar-refractivity contribution is -0.130. The van der Waals surface area contributed by atoms with E-state index in [0.717, 1.165) is 5.69 Å². The predicted octanol–water partition coefficient (Wildman–Crippen LogP) is 3.34. The van der Waals surface area contributed by atoms with Crippen molar-refractivity contribution in [3.8, 4) is 5.75 Å². The molecule has 1 fully saturated rings. The molecule has 10 nitrogen and oxygen atoms in total. The van der Waals surface area contributed by atoms with Crippen LogP contribution in [-0.2, 0) is 27.3 Å². The highest BCUT2D eigenvalue weighted by Gasteiger charge is 2.41.